The SMILES string of the molecule is CCCCCCCCCC[C@H](C)O[C@@H]1OC(CO)[C@@H](O[C@H]2OC(CO)[C@@H](O)C(O)C2O)C(O)C1O. The first-order chi connectivity index (χ1) is 16.7. The minimum atomic E-state index is -1.70. The van der Waals surface area contributed by atoms with Crippen LogP contribution in [-0.2, 0) is 18.9 Å². The summed E-state index contributed by atoms with van der Waals surface area (Å²) in [7, 11) is 0. The maximum atomic E-state index is 10.7. The Morgan fingerprint density at radius 2 is 1.20 bits per heavy atom. The van der Waals surface area contributed by atoms with Crippen molar-refractivity contribution in [3.8, 4) is 0 Å². The van der Waals surface area contributed by atoms with Gasteiger partial charge in [-0.3, -0.25) is 0 Å². The Kier molecular flexibility index (Phi) is 13.8. The molecule has 7 N–H and O–H groups in total. The molecule has 2 heterocycles. The maximum Gasteiger partial charge on any atom is 0.187 e. The van der Waals surface area contributed by atoms with E-state index in [1.165, 1.54) is 38.5 Å². The van der Waals surface area contributed by atoms with Crippen molar-refractivity contribution in [2.75, 3.05) is 13.2 Å². The first-order valence-corrected chi connectivity index (χ1v) is 13.0. The molecule has 2 aliphatic heterocycles. The van der Waals surface area contributed by atoms with Crippen molar-refractivity contribution in [1.29, 1.82) is 0 Å². The zero-order valence-corrected chi connectivity index (χ0v) is 20.9. The van der Waals surface area contributed by atoms with Crippen LogP contribution in [0.2, 0.25) is 0 Å². The molecule has 6 unspecified atom stereocenters. The molecule has 11 nitrogen and oxygen atoms in total. The van der Waals surface area contributed by atoms with E-state index in [0.29, 0.717) is 0 Å². The van der Waals surface area contributed by atoms with Crippen molar-refractivity contribution >= 4 is 0 Å². The molecule has 35 heavy (non-hydrogen) atoms. The normalized spacial score (nSPS) is 39.0. The Balaban J connectivity index is 1.84. The van der Waals surface area contributed by atoms with E-state index in [-0.39, 0.29) is 6.10 Å². The summed E-state index contributed by atoms with van der Waals surface area (Å²) in [4.78, 5) is 0. The second kappa shape index (κ2) is 15.7. The number of unbranched alkanes of at least 4 members (excludes halogenated alkanes) is 7. The molecule has 2 fully saturated rings. The third-order valence-corrected chi connectivity index (χ3v) is 6.79. The molecule has 0 amide bonds. The van der Waals surface area contributed by atoms with Crippen LogP contribution in [0.5, 0.6) is 0 Å². The van der Waals surface area contributed by atoms with Gasteiger partial charge in [0.25, 0.3) is 0 Å². The minimum absolute atomic E-state index is 0.246. The van der Waals surface area contributed by atoms with E-state index in [0.717, 1.165) is 19.3 Å². The van der Waals surface area contributed by atoms with Gasteiger partial charge in [0.1, 0.15) is 48.8 Å². The highest BCUT2D eigenvalue weighted by Crippen LogP contribution is 2.30. The molecule has 0 aromatic rings. The van der Waals surface area contributed by atoms with Crippen LogP contribution in [0.15, 0.2) is 0 Å². The highest BCUT2D eigenvalue weighted by Gasteiger charge is 2.50. The highest BCUT2D eigenvalue weighted by molar-refractivity contribution is 4.94. The van der Waals surface area contributed by atoms with Crippen LogP contribution < -0.4 is 0 Å². The number of aliphatic hydroxyl groups excluding tert-OH is 7. The molecule has 11 atom stereocenters. The summed E-state index contributed by atoms with van der Waals surface area (Å²) in [6, 6.07) is 0. The molecule has 0 aromatic carbocycles. The molecule has 2 aliphatic rings. The molecule has 0 aliphatic carbocycles. The topological polar surface area (TPSA) is 179 Å². The van der Waals surface area contributed by atoms with Crippen LogP contribution in [-0.4, -0.2) is 116 Å². The molecule has 0 saturated carbocycles. The molecule has 208 valence electrons. The van der Waals surface area contributed by atoms with Gasteiger partial charge in [0, 0.05) is 0 Å². The Labute approximate surface area is 207 Å². The van der Waals surface area contributed by atoms with Gasteiger partial charge in [-0.1, -0.05) is 58.3 Å². The fraction of sp³-hybridized carbons (Fsp3) is 1.00. The van der Waals surface area contributed by atoms with E-state index < -0.39 is 74.6 Å². The number of rotatable bonds is 15. The molecule has 2 rings (SSSR count). The largest absolute Gasteiger partial charge is 0.394 e. The van der Waals surface area contributed by atoms with Gasteiger partial charge in [0.05, 0.1) is 19.3 Å². The van der Waals surface area contributed by atoms with Gasteiger partial charge in [-0.25, -0.2) is 0 Å². The average molecular weight is 511 g/mol. The lowest BCUT2D eigenvalue weighted by molar-refractivity contribution is -0.362. The summed E-state index contributed by atoms with van der Waals surface area (Å²) in [6.45, 7) is 2.82. The second-order valence-corrected chi connectivity index (χ2v) is 9.71. The lowest BCUT2D eigenvalue weighted by Gasteiger charge is -2.46. The predicted octanol–water partition coefficient (Wildman–Crippen LogP) is -0.454. The number of aliphatic hydroxyl groups is 7. The lowest BCUT2D eigenvalue weighted by Crippen LogP contribution is -2.64. The van der Waals surface area contributed by atoms with E-state index >= 15 is 0 Å². The molecule has 0 bridgehead atoms. The molecular weight excluding hydrogens is 464 g/mol. The van der Waals surface area contributed by atoms with Crippen LogP contribution in [0.4, 0.5) is 0 Å². The Hall–Kier alpha value is -0.440. The molecular formula is C24H46O11. The first kappa shape index (κ1) is 30.8. The van der Waals surface area contributed by atoms with Gasteiger partial charge in [0.15, 0.2) is 12.6 Å². The molecule has 2 saturated heterocycles. The van der Waals surface area contributed by atoms with Crippen molar-refractivity contribution in [3.63, 3.8) is 0 Å². The van der Waals surface area contributed by atoms with Crippen LogP contribution in [0.3, 0.4) is 0 Å². The van der Waals surface area contributed by atoms with Crippen LogP contribution in [0.1, 0.15) is 71.6 Å². The van der Waals surface area contributed by atoms with Crippen LogP contribution in [0.25, 0.3) is 0 Å². The monoisotopic (exact) mass is 510 g/mol. The van der Waals surface area contributed by atoms with Crippen molar-refractivity contribution in [2.24, 2.45) is 0 Å². The zero-order chi connectivity index (χ0) is 26.0. The maximum absolute atomic E-state index is 10.7. The Morgan fingerprint density at radius 3 is 1.80 bits per heavy atom. The molecule has 11 heteroatoms. The highest BCUT2D eigenvalue weighted by atomic mass is 16.7. The van der Waals surface area contributed by atoms with Crippen LogP contribution in [0, 0.1) is 0 Å². The predicted molar refractivity (Wildman–Crippen MR) is 124 cm³/mol. The minimum Gasteiger partial charge on any atom is -0.394 e. The van der Waals surface area contributed by atoms with E-state index in [4.69, 9.17) is 18.9 Å². The molecule has 0 aromatic heterocycles. The third kappa shape index (κ3) is 8.82. The van der Waals surface area contributed by atoms with E-state index in [1.807, 2.05) is 6.92 Å². The first-order valence-electron chi connectivity index (χ1n) is 13.0. The number of hydrogen-bond donors (Lipinski definition) is 7. The Morgan fingerprint density at radius 1 is 0.657 bits per heavy atom. The van der Waals surface area contributed by atoms with Crippen LogP contribution >= 0.6 is 0 Å². The van der Waals surface area contributed by atoms with Gasteiger partial charge in [0.2, 0.25) is 0 Å². The van der Waals surface area contributed by atoms with Crippen molar-refractivity contribution in [2.45, 2.75) is 139 Å². The Bertz CT molecular complexity index is 564. The average Bonchev–Trinajstić information content (AvgIpc) is 2.85. The summed E-state index contributed by atoms with van der Waals surface area (Å²) in [5.41, 5.74) is 0. The summed E-state index contributed by atoms with van der Waals surface area (Å²) < 4.78 is 22.3. The number of ether oxygens (including phenoxy) is 4. The van der Waals surface area contributed by atoms with E-state index in [9.17, 15) is 35.7 Å². The van der Waals surface area contributed by atoms with E-state index in [1.54, 1.807) is 0 Å². The van der Waals surface area contributed by atoms with Gasteiger partial charge in [-0.05, 0) is 13.3 Å². The molecule has 0 radical (unpaired) electrons. The number of hydrogen-bond acceptors (Lipinski definition) is 11. The summed E-state index contributed by atoms with van der Waals surface area (Å²) in [5, 5.41) is 70.4. The lowest BCUT2D eigenvalue weighted by atomic mass is 9.97. The van der Waals surface area contributed by atoms with E-state index in [2.05, 4.69) is 6.92 Å². The molecule has 0 spiro atoms. The van der Waals surface area contributed by atoms with Gasteiger partial charge >= 0.3 is 0 Å². The van der Waals surface area contributed by atoms with Gasteiger partial charge < -0.3 is 54.7 Å². The van der Waals surface area contributed by atoms with Gasteiger partial charge in [-0.15, -0.1) is 0 Å². The van der Waals surface area contributed by atoms with Crippen molar-refractivity contribution in [3.05, 3.63) is 0 Å². The quantitative estimate of drug-likeness (QED) is 0.142. The van der Waals surface area contributed by atoms with Crippen molar-refractivity contribution < 1.29 is 54.7 Å². The fourth-order valence-corrected chi connectivity index (χ4v) is 4.53. The standard InChI is InChI=1S/C24H46O11/c1-3-4-5-6-7-8-9-10-11-14(2)32-23-21(31)19(29)22(16(13-26)34-23)35-24-20(30)18(28)17(27)15(12-25)33-24/h14-31H,3-13H2,1-2H3/t14-,15?,16?,17+,18?,19?,20?,21?,22+,23+,24+/m0/s1. The fourth-order valence-electron chi connectivity index (χ4n) is 4.53. The summed E-state index contributed by atoms with van der Waals surface area (Å²) in [5.74, 6) is 0. The third-order valence-electron chi connectivity index (χ3n) is 6.79. The second-order valence-electron chi connectivity index (χ2n) is 9.71. The summed E-state index contributed by atoms with van der Waals surface area (Å²) in [6.07, 6.45) is -4.40. The van der Waals surface area contributed by atoms with Crippen molar-refractivity contribution in [1.82, 2.24) is 0 Å². The smallest absolute Gasteiger partial charge is 0.187 e. The summed E-state index contributed by atoms with van der Waals surface area (Å²) >= 11 is 0. The zero-order valence-electron chi connectivity index (χ0n) is 20.9. The van der Waals surface area contributed by atoms with Gasteiger partial charge in [-0.2, -0.15) is 0 Å².